The monoisotopic (exact) mass is 367 g/mol. The van der Waals surface area contributed by atoms with Crippen LogP contribution in [0.2, 0.25) is 0 Å². The van der Waals surface area contributed by atoms with Gasteiger partial charge in [0.05, 0.1) is 6.61 Å². The van der Waals surface area contributed by atoms with Gasteiger partial charge in [-0.1, -0.05) is 30.3 Å². The fourth-order valence-corrected chi connectivity index (χ4v) is 3.23. The Kier molecular flexibility index (Phi) is 6.08. The van der Waals surface area contributed by atoms with E-state index in [1.807, 2.05) is 47.4 Å². The molecule has 2 aromatic rings. The van der Waals surface area contributed by atoms with Crippen molar-refractivity contribution in [1.82, 2.24) is 9.80 Å². The molecule has 0 unspecified atom stereocenters. The van der Waals surface area contributed by atoms with E-state index in [1.54, 1.807) is 24.1 Å². The Morgan fingerprint density at radius 2 is 1.78 bits per heavy atom. The number of likely N-dealkylation sites (N-methyl/N-ethyl adjacent to an activating group) is 1. The topological polar surface area (TPSA) is 64.1 Å². The lowest BCUT2D eigenvalue weighted by molar-refractivity contribution is 0.0767. The zero-order chi connectivity index (χ0) is 19.2. The number of amides is 3. The smallest absolute Gasteiger partial charge is 0.324 e. The van der Waals surface area contributed by atoms with Crippen molar-refractivity contribution in [3.63, 3.8) is 0 Å². The first-order chi connectivity index (χ1) is 13.1. The summed E-state index contributed by atoms with van der Waals surface area (Å²) >= 11 is 0. The van der Waals surface area contributed by atoms with Crippen molar-refractivity contribution in [1.29, 1.82) is 0 Å². The molecule has 3 rings (SSSR count). The summed E-state index contributed by atoms with van der Waals surface area (Å²) in [5.41, 5.74) is 2.44. The Morgan fingerprint density at radius 1 is 1.07 bits per heavy atom. The maximum atomic E-state index is 12.9. The number of rotatable bonds is 6. The quantitative estimate of drug-likeness (QED) is 0.854. The molecule has 0 spiro atoms. The predicted molar refractivity (Wildman–Crippen MR) is 105 cm³/mol. The molecule has 0 bridgehead atoms. The molecule has 1 aliphatic rings. The molecule has 0 radical (unpaired) electrons. The van der Waals surface area contributed by atoms with E-state index in [0.717, 1.165) is 24.2 Å². The second-order valence-corrected chi connectivity index (χ2v) is 6.69. The van der Waals surface area contributed by atoms with Crippen LogP contribution in [0.1, 0.15) is 22.3 Å². The third kappa shape index (κ3) is 4.46. The Bertz CT molecular complexity index is 777. The highest BCUT2D eigenvalue weighted by Gasteiger charge is 2.27. The summed E-state index contributed by atoms with van der Waals surface area (Å²) in [7, 11) is 1.65. The summed E-state index contributed by atoms with van der Waals surface area (Å²) in [6.07, 6.45) is 0.901. The van der Waals surface area contributed by atoms with E-state index in [2.05, 4.69) is 0 Å². The van der Waals surface area contributed by atoms with E-state index >= 15 is 0 Å². The molecule has 1 N–H and O–H groups in total. The second-order valence-electron chi connectivity index (χ2n) is 6.69. The van der Waals surface area contributed by atoms with Crippen LogP contribution in [0.25, 0.3) is 0 Å². The van der Waals surface area contributed by atoms with E-state index in [4.69, 9.17) is 5.11 Å². The Labute approximate surface area is 159 Å². The number of benzene rings is 2. The van der Waals surface area contributed by atoms with Crippen molar-refractivity contribution in [2.24, 2.45) is 0 Å². The van der Waals surface area contributed by atoms with E-state index in [1.165, 1.54) is 4.90 Å². The molecule has 1 heterocycles. The highest BCUT2D eigenvalue weighted by atomic mass is 16.3. The molecule has 1 aliphatic heterocycles. The summed E-state index contributed by atoms with van der Waals surface area (Å²) in [6.45, 7) is 2.23. The van der Waals surface area contributed by atoms with E-state index in [-0.39, 0.29) is 18.5 Å². The van der Waals surface area contributed by atoms with Gasteiger partial charge >= 0.3 is 6.03 Å². The molecular formula is C21H25N3O3. The highest BCUT2D eigenvalue weighted by molar-refractivity contribution is 5.96. The van der Waals surface area contributed by atoms with Crippen molar-refractivity contribution in [2.75, 3.05) is 38.2 Å². The van der Waals surface area contributed by atoms with Gasteiger partial charge in [0.2, 0.25) is 0 Å². The minimum absolute atomic E-state index is 0.0124. The third-order valence-electron chi connectivity index (χ3n) is 4.74. The van der Waals surface area contributed by atoms with Crippen molar-refractivity contribution in [3.8, 4) is 0 Å². The molecule has 27 heavy (non-hydrogen) atoms. The Balaban J connectivity index is 1.70. The van der Waals surface area contributed by atoms with Crippen LogP contribution in [0.15, 0.2) is 54.6 Å². The number of anilines is 1. The molecule has 3 amide bonds. The zero-order valence-electron chi connectivity index (χ0n) is 15.5. The SMILES string of the molecule is CN(CCO)C(=O)c1ccc(N2CCCN(Cc3ccccc3)C2=O)cc1. The zero-order valence-corrected chi connectivity index (χ0v) is 15.5. The van der Waals surface area contributed by atoms with E-state index in [9.17, 15) is 9.59 Å². The number of hydrogen-bond acceptors (Lipinski definition) is 3. The number of carbonyl (C=O) groups is 2. The Morgan fingerprint density at radius 3 is 2.44 bits per heavy atom. The minimum atomic E-state index is -0.147. The molecule has 0 atom stereocenters. The second kappa shape index (κ2) is 8.68. The van der Waals surface area contributed by atoms with Gasteiger partial charge in [-0.2, -0.15) is 0 Å². The number of aliphatic hydroxyl groups is 1. The van der Waals surface area contributed by atoms with Crippen LogP contribution in [0.5, 0.6) is 0 Å². The van der Waals surface area contributed by atoms with Crippen LogP contribution in [0, 0.1) is 0 Å². The molecule has 1 saturated heterocycles. The number of urea groups is 1. The normalized spacial score (nSPS) is 14.4. The lowest BCUT2D eigenvalue weighted by Gasteiger charge is -2.35. The lowest BCUT2D eigenvalue weighted by Crippen LogP contribution is -2.49. The first-order valence-electron chi connectivity index (χ1n) is 9.17. The summed E-state index contributed by atoms with van der Waals surface area (Å²) in [6, 6.07) is 17.0. The van der Waals surface area contributed by atoms with Crippen LogP contribution >= 0.6 is 0 Å². The Hall–Kier alpha value is -2.86. The van der Waals surface area contributed by atoms with Gasteiger partial charge in [0.15, 0.2) is 0 Å². The van der Waals surface area contributed by atoms with Gasteiger partial charge in [-0.3, -0.25) is 9.69 Å². The maximum Gasteiger partial charge on any atom is 0.324 e. The first-order valence-corrected chi connectivity index (χ1v) is 9.17. The molecule has 142 valence electrons. The largest absolute Gasteiger partial charge is 0.395 e. The third-order valence-corrected chi connectivity index (χ3v) is 4.74. The summed E-state index contributed by atoms with van der Waals surface area (Å²) in [5, 5.41) is 8.96. The van der Waals surface area contributed by atoms with Gasteiger partial charge in [-0.25, -0.2) is 4.79 Å². The van der Waals surface area contributed by atoms with Crippen LogP contribution in [0.3, 0.4) is 0 Å². The van der Waals surface area contributed by atoms with E-state index in [0.29, 0.717) is 25.2 Å². The first kappa shape index (κ1) is 18.9. The number of hydrogen-bond donors (Lipinski definition) is 1. The fraction of sp³-hybridized carbons (Fsp3) is 0.333. The number of aliphatic hydroxyl groups excluding tert-OH is 1. The molecular weight excluding hydrogens is 342 g/mol. The standard InChI is InChI=1S/C21H25N3O3/c1-22(14-15-25)20(26)18-8-10-19(11-9-18)24-13-5-12-23(21(24)27)16-17-6-3-2-4-7-17/h2-4,6-11,25H,5,12-16H2,1H3. The van der Waals surface area contributed by atoms with Crippen LogP contribution in [-0.2, 0) is 6.54 Å². The average molecular weight is 367 g/mol. The van der Waals surface area contributed by atoms with Crippen molar-refractivity contribution < 1.29 is 14.7 Å². The van der Waals surface area contributed by atoms with Gasteiger partial charge in [-0.05, 0) is 36.2 Å². The summed E-state index contributed by atoms with van der Waals surface area (Å²) < 4.78 is 0. The highest BCUT2D eigenvalue weighted by Crippen LogP contribution is 2.22. The van der Waals surface area contributed by atoms with Crippen LogP contribution in [0.4, 0.5) is 10.5 Å². The molecule has 1 fully saturated rings. The van der Waals surface area contributed by atoms with Crippen LogP contribution in [-0.4, -0.2) is 60.1 Å². The molecule has 2 aromatic carbocycles. The molecule has 0 aromatic heterocycles. The van der Waals surface area contributed by atoms with Gasteiger partial charge in [0.1, 0.15) is 0 Å². The maximum absolute atomic E-state index is 12.9. The minimum Gasteiger partial charge on any atom is -0.395 e. The molecule has 6 nitrogen and oxygen atoms in total. The molecule has 6 heteroatoms. The van der Waals surface area contributed by atoms with Gasteiger partial charge < -0.3 is 14.9 Å². The van der Waals surface area contributed by atoms with Crippen molar-refractivity contribution >= 4 is 17.6 Å². The average Bonchev–Trinajstić information content (AvgIpc) is 2.70. The predicted octanol–water partition coefficient (Wildman–Crippen LogP) is 2.58. The number of nitrogens with zero attached hydrogens (tertiary/aromatic N) is 3. The van der Waals surface area contributed by atoms with Crippen molar-refractivity contribution in [2.45, 2.75) is 13.0 Å². The van der Waals surface area contributed by atoms with Gasteiger partial charge in [0.25, 0.3) is 5.91 Å². The van der Waals surface area contributed by atoms with Gasteiger partial charge in [-0.15, -0.1) is 0 Å². The van der Waals surface area contributed by atoms with E-state index < -0.39 is 0 Å². The fourth-order valence-electron chi connectivity index (χ4n) is 3.23. The van der Waals surface area contributed by atoms with Gasteiger partial charge in [0, 0.05) is 44.5 Å². The summed E-state index contributed by atoms with van der Waals surface area (Å²) in [4.78, 5) is 30.3. The van der Waals surface area contributed by atoms with Crippen molar-refractivity contribution in [3.05, 3.63) is 65.7 Å². The molecule has 0 aliphatic carbocycles. The number of carbonyl (C=O) groups excluding carboxylic acids is 2. The lowest BCUT2D eigenvalue weighted by atomic mass is 10.1. The molecule has 0 saturated carbocycles. The van der Waals surface area contributed by atoms with Crippen LogP contribution < -0.4 is 4.90 Å². The summed E-state index contributed by atoms with van der Waals surface area (Å²) in [5.74, 6) is -0.147.